The molecule has 0 unspecified atom stereocenters. The van der Waals surface area contributed by atoms with Gasteiger partial charge in [-0.15, -0.1) is 0 Å². The summed E-state index contributed by atoms with van der Waals surface area (Å²) in [4.78, 5) is 23.5. The summed E-state index contributed by atoms with van der Waals surface area (Å²) in [5.41, 5.74) is 0.337. The summed E-state index contributed by atoms with van der Waals surface area (Å²) in [5, 5.41) is 5.73. The van der Waals surface area contributed by atoms with Crippen molar-refractivity contribution in [2.45, 2.75) is 6.92 Å². The third-order valence-corrected chi connectivity index (χ3v) is 3.98. The number of benzene rings is 1. The largest absolute Gasteiger partial charge is 0.467 e. The van der Waals surface area contributed by atoms with E-state index < -0.39 is 16.3 Å². The van der Waals surface area contributed by atoms with E-state index in [0.717, 1.165) is 0 Å². The van der Waals surface area contributed by atoms with Gasteiger partial charge in [-0.1, -0.05) is 17.3 Å². The predicted octanol–water partition coefficient (Wildman–Crippen LogP) is 1.29. The van der Waals surface area contributed by atoms with E-state index in [1.165, 1.54) is 25.4 Å². The van der Waals surface area contributed by atoms with Crippen molar-refractivity contribution < 1.29 is 26.7 Å². The van der Waals surface area contributed by atoms with Crippen LogP contribution in [0.15, 0.2) is 41.1 Å². The first-order valence-electron chi connectivity index (χ1n) is 7.66. The number of rotatable bonds is 6. The first kappa shape index (κ1) is 19.0. The predicted molar refractivity (Wildman–Crippen MR) is 94.8 cm³/mol. The molecule has 13 heteroatoms. The topological polar surface area (TPSA) is 158 Å². The van der Waals surface area contributed by atoms with E-state index in [-0.39, 0.29) is 23.5 Å². The van der Waals surface area contributed by atoms with Crippen molar-refractivity contribution in [2.75, 3.05) is 12.4 Å². The lowest BCUT2D eigenvalue weighted by Crippen LogP contribution is -2.37. The Morgan fingerprint density at radius 1 is 1.14 bits per heavy atom. The number of aromatic nitrogens is 4. The van der Waals surface area contributed by atoms with Gasteiger partial charge in [-0.25, -0.2) is 9.52 Å². The molecule has 2 heterocycles. The number of aryl methyl sites for hydroxylation is 1. The number of carbonyl (C=O) groups is 1. The summed E-state index contributed by atoms with van der Waals surface area (Å²) in [6, 6.07) is 6.55. The quantitative estimate of drug-likeness (QED) is 0.611. The van der Waals surface area contributed by atoms with E-state index in [2.05, 4.69) is 25.4 Å². The van der Waals surface area contributed by atoms with E-state index in [0.29, 0.717) is 11.3 Å². The highest BCUT2D eigenvalue weighted by molar-refractivity contribution is 7.85. The molecule has 0 aliphatic rings. The van der Waals surface area contributed by atoms with Gasteiger partial charge < -0.3 is 13.4 Å². The number of hydrogen-bond donors (Lipinski definition) is 2. The second-order valence-electron chi connectivity index (χ2n) is 5.16. The minimum Gasteiger partial charge on any atom is -0.467 e. The Hall–Kier alpha value is -3.74. The maximum Gasteiger partial charge on any atom is 0.411 e. The smallest absolute Gasteiger partial charge is 0.411 e. The molecule has 146 valence electrons. The Morgan fingerprint density at radius 3 is 2.64 bits per heavy atom. The second-order valence-corrected chi connectivity index (χ2v) is 6.44. The number of ether oxygens (including phenoxy) is 1. The molecule has 0 spiro atoms. The van der Waals surface area contributed by atoms with Gasteiger partial charge in [0.05, 0.1) is 18.9 Å². The highest BCUT2D eigenvalue weighted by Crippen LogP contribution is 2.30. The van der Waals surface area contributed by atoms with Gasteiger partial charge in [0.25, 0.3) is 0 Å². The molecule has 3 aromatic rings. The number of hydrogen-bond acceptors (Lipinski definition) is 10. The van der Waals surface area contributed by atoms with Crippen LogP contribution in [0.1, 0.15) is 5.82 Å². The molecular formula is C15H14N6O6S. The summed E-state index contributed by atoms with van der Waals surface area (Å²) < 4.78 is 40.9. The third kappa shape index (κ3) is 4.70. The van der Waals surface area contributed by atoms with E-state index in [4.69, 9.17) is 13.4 Å². The Kier molecular flexibility index (Phi) is 5.35. The van der Waals surface area contributed by atoms with Gasteiger partial charge in [0.2, 0.25) is 5.95 Å². The summed E-state index contributed by atoms with van der Waals surface area (Å²) in [6.07, 6.45) is 1.40. The number of nitrogens with one attached hydrogen (secondary N) is 2. The minimum atomic E-state index is -4.52. The Labute approximate surface area is 159 Å². The van der Waals surface area contributed by atoms with Gasteiger partial charge in [-0.3, -0.25) is 5.32 Å². The average molecular weight is 406 g/mol. The molecule has 0 aliphatic heterocycles. The zero-order valence-corrected chi connectivity index (χ0v) is 15.4. The molecule has 1 aromatic carbocycles. The van der Waals surface area contributed by atoms with Crippen molar-refractivity contribution >= 4 is 22.3 Å². The number of amides is 2. The van der Waals surface area contributed by atoms with Crippen molar-refractivity contribution in [3.63, 3.8) is 0 Å². The fraction of sp³-hybridized carbons (Fsp3) is 0.133. The lowest BCUT2D eigenvalue weighted by molar-refractivity contribution is 0.255. The molecule has 0 radical (unpaired) electrons. The fourth-order valence-corrected chi connectivity index (χ4v) is 2.78. The molecule has 0 saturated heterocycles. The lowest BCUT2D eigenvalue weighted by atomic mass is 10.1. The standard InChI is InChI=1S/C15H14N6O6S/c1-9-17-13(20-15(18-9)25-2)19-14(22)21-28(23,24)27-12-6-4-3-5-10(12)11-7-8-16-26-11/h3-8H,1-2H3,(H2,17,18,19,20,21,22). The molecule has 3 rings (SSSR count). The van der Waals surface area contributed by atoms with Crippen LogP contribution in [0.4, 0.5) is 10.7 Å². The molecule has 2 amide bonds. The van der Waals surface area contributed by atoms with Gasteiger partial charge in [0, 0.05) is 6.07 Å². The van der Waals surface area contributed by atoms with Gasteiger partial charge >= 0.3 is 22.3 Å². The minimum absolute atomic E-state index is 0.0390. The molecule has 0 bridgehead atoms. The Morgan fingerprint density at radius 2 is 1.93 bits per heavy atom. The first-order valence-corrected chi connectivity index (χ1v) is 9.07. The maximum atomic E-state index is 12.2. The summed E-state index contributed by atoms with van der Waals surface area (Å²) in [7, 11) is -3.18. The van der Waals surface area contributed by atoms with E-state index >= 15 is 0 Å². The van der Waals surface area contributed by atoms with Crippen LogP contribution in [0.5, 0.6) is 11.8 Å². The Bertz CT molecular complexity index is 1090. The van der Waals surface area contributed by atoms with Crippen molar-refractivity contribution in [1.29, 1.82) is 0 Å². The van der Waals surface area contributed by atoms with E-state index in [1.807, 2.05) is 0 Å². The van der Waals surface area contributed by atoms with Crippen LogP contribution >= 0.6 is 0 Å². The zero-order valence-electron chi connectivity index (χ0n) is 14.6. The maximum absolute atomic E-state index is 12.2. The molecule has 2 aromatic heterocycles. The molecule has 0 saturated carbocycles. The number of methoxy groups -OCH3 is 1. The Balaban J connectivity index is 1.73. The molecule has 0 fully saturated rings. The number of nitrogens with zero attached hydrogens (tertiary/aromatic N) is 4. The molecule has 0 aliphatic carbocycles. The summed E-state index contributed by atoms with van der Waals surface area (Å²) in [6.45, 7) is 1.55. The van der Waals surface area contributed by atoms with Crippen LogP contribution in [-0.4, -0.2) is 41.7 Å². The first-order chi connectivity index (χ1) is 13.4. The number of urea groups is 1. The normalized spacial score (nSPS) is 10.9. The second kappa shape index (κ2) is 7.87. The molecular weight excluding hydrogens is 392 g/mol. The van der Waals surface area contributed by atoms with Gasteiger partial charge in [0.15, 0.2) is 11.5 Å². The van der Waals surface area contributed by atoms with Crippen molar-refractivity contribution in [1.82, 2.24) is 24.8 Å². The van der Waals surface area contributed by atoms with Gasteiger partial charge in [0.1, 0.15) is 5.82 Å². The summed E-state index contributed by atoms with van der Waals surface area (Å²) >= 11 is 0. The highest BCUT2D eigenvalue weighted by atomic mass is 32.2. The van der Waals surface area contributed by atoms with Crippen LogP contribution in [0, 0.1) is 6.92 Å². The van der Waals surface area contributed by atoms with E-state index in [9.17, 15) is 13.2 Å². The van der Waals surface area contributed by atoms with Crippen LogP contribution in [0.2, 0.25) is 0 Å². The molecule has 12 nitrogen and oxygen atoms in total. The zero-order chi connectivity index (χ0) is 20.1. The lowest BCUT2D eigenvalue weighted by Gasteiger charge is -2.11. The molecule has 28 heavy (non-hydrogen) atoms. The van der Waals surface area contributed by atoms with Crippen LogP contribution < -0.4 is 19.0 Å². The molecule has 0 atom stereocenters. The number of para-hydroxylation sites is 1. The number of anilines is 1. The van der Waals surface area contributed by atoms with Gasteiger partial charge in [-0.05, 0) is 19.1 Å². The van der Waals surface area contributed by atoms with Crippen LogP contribution in [-0.2, 0) is 10.3 Å². The van der Waals surface area contributed by atoms with Crippen molar-refractivity contribution in [3.05, 3.63) is 42.4 Å². The highest BCUT2D eigenvalue weighted by Gasteiger charge is 2.21. The number of carbonyl (C=O) groups excluding carboxylic acids is 1. The van der Waals surface area contributed by atoms with Crippen LogP contribution in [0.25, 0.3) is 11.3 Å². The summed E-state index contributed by atoms with van der Waals surface area (Å²) in [5.74, 6) is 0.307. The SMILES string of the molecule is COc1nc(C)nc(NC(=O)NS(=O)(=O)Oc2ccccc2-c2ccno2)n1. The van der Waals surface area contributed by atoms with Crippen molar-refractivity contribution in [2.24, 2.45) is 0 Å². The van der Waals surface area contributed by atoms with Gasteiger partial charge in [-0.2, -0.15) is 23.4 Å². The monoisotopic (exact) mass is 406 g/mol. The average Bonchev–Trinajstić information content (AvgIpc) is 3.15. The van der Waals surface area contributed by atoms with Crippen molar-refractivity contribution in [3.8, 4) is 23.1 Å². The van der Waals surface area contributed by atoms with Crippen LogP contribution in [0.3, 0.4) is 0 Å². The third-order valence-electron chi connectivity index (χ3n) is 3.14. The molecule has 2 N–H and O–H groups in total. The van der Waals surface area contributed by atoms with E-state index in [1.54, 1.807) is 29.8 Å². The fourth-order valence-electron chi connectivity index (χ4n) is 2.08.